The van der Waals surface area contributed by atoms with Gasteiger partial charge in [0.05, 0.1) is 23.7 Å². The zero-order valence-corrected chi connectivity index (χ0v) is 14.0. The molecule has 0 aliphatic carbocycles. The second kappa shape index (κ2) is 8.41. The molecular formula is C16H16Cl2N2O4. The number of aliphatic hydroxyl groups excluding tert-OH is 2. The number of hydrogen-bond acceptors (Lipinski definition) is 5. The molecule has 8 heteroatoms. The monoisotopic (exact) mass is 370 g/mol. The number of hydrogen-bond donors (Lipinski definition) is 3. The number of halogens is 2. The van der Waals surface area contributed by atoms with Crippen molar-refractivity contribution in [3.05, 3.63) is 73.8 Å². The number of rotatable bonds is 7. The first-order valence-corrected chi connectivity index (χ1v) is 7.88. The summed E-state index contributed by atoms with van der Waals surface area (Å²) in [6, 6.07) is 9.95. The lowest BCUT2D eigenvalue weighted by molar-refractivity contribution is -0.384. The van der Waals surface area contributed by atoms with Gasteiger partial charge < -0.3 is 15.5 Å². The molecule has 6 nitrogen and oxygen atoms in total. The van der Waals surface area contributed by atoms with E-state index in [1.54, 1.807) is 18.2 Å². The van der Waals surface area contributed by atoms with E-state index in [2.05, 4.69) is 5.32 Å². The SMILES string of the molecule is O=[N+]([O-])c1ccc(C(O)C(CO)NCc2ccc(Cl)cc2Cl)cc1. The number of nitro benzene ring substituents is 1. The number of aliphatic hydroxyl groups is 2. The molecule has 0 aliphatic rings. The van der Waals surface area contributed by atoms with Crippen molar-refractivity contribution in [3.8, 4) is 0 Å². The van der Waals surface area contributed by atoms with Crippen molar-refractivity contribution < 1.29 is 15.1 Å². The molecule has 2 rings (SSSR count). The number of nitro groups is 1. The predicted octanol–water partition coefficient (Wildman–Crippen LogP) is 3.09. The van der Waals surface area contributed by atoms with E-state index in [-0.39, 0.29) is 12.3 Å². The lowest BCUT2D eigenvalue weighted by atomic mass is 10.0. The van der Waals surface area contributed by atoms with E-state index in [0.29, 0.717) is 22.2 Å². The summed E-state index contributed by atoms with van der Waals surface area (Å²) in [5.74, 6) is 0. The molecule has 2 aromatic carbocycles. The van der Waals surface area contributed by atoms with Crippen molar-refractivity contribution in [1.82, 2.24) is 5.32 Å². The van der Waals surface area contributed by atoms with Crippen LogP contribution in [0.25, 0.3) is 0 Å². The fraction of sp³-hybridized carbons (Fsp3) is 0.250. The van der Waals surface area contributed by atoms with Crippen molar-refractivity contribution in [2.24, 2.45) is 0 Å². The first kappa shape index (κ1) is 18.6. The van der Waals surface area contributed by atoms with E-state index in [1.165, 1.54) is 24.3 Å². The van der Waals surface area contributed by atoms with Crippen molar-refractivity contribution in [2.45, 2.75) is 18.7 Å². The molecule has 0 spiro atoms. The molecular weight excluding hydrogens is 355 g/mol. The summed E-state index contributed by atoms with van der Waals surface area (Å²) >= 11 is 11.9. The Morgan fingerprint density at radius 3 is 2.38 bits per heavy atom. The quantitative estimate of drug-likeness (QED) is 0.514. The number of non-ortho nitro benzene ring substituents is 1. The van der Waals surface area contributed by atoms with E-state index in [4.69, 9.17) is 23.2 Å². The van der Waals surface area contributed by atoms with Gasteiger partial charge in [-0.25, -0.2) is 0 Å². The minimum atomic E-state index is -1.03. The maximum atomic E-state index is 10.7. The van der Waals surface area contributed by atoms with Crippen LogP contribution in [0.3, 0.4) is 0 Å². The highest BCUT2D eigenvalue weighted by Gasteiger charge is 2.21. The first-order valence-electron chi connectivity index (χ1n) is 7.13. The van der Waals surface area contributed by atoms with Gasteiger partial charge in [0.2, 0.25) is 0 Å². The maximum Gasteiger partial charge on any atom is 0.269 e. The average Bonchev–Trinajstić information content (AvgIpc) is 2.57. The molecule has 2 unspecified atom stereocenters. The summed E-state index contributed by atoms with van der Waals surface area (Å²) in [7, 11) is 0. The Bertz CT molecular complexity index is 710. The Balaban J connectivity index is 2.05. The second-order valence-electron chi connectivity index (χ2n) is 5.20. The van der Waals surface area contributed by atoms with E-state index >= 15 is 0 Å². The molecule has 3 N–H and O–H groups in total. The first-order chi connectivity index (χ1) is 11.4. The van der Waals surface area contributed by atoms with Crippen LogP contribution in [0.2, 0.25) is 10.0 Å². The largest absolute Gasteiger partial charge is 0.395 e. The van der Waals surface area contributed by atoms with Gasteiger partial charge in [0.1, 0.15) is 0 Å². The third-order valence-corrected chi connectivity index (χ3v) is 4.18. The normalized spacial score (nSPS) is 13.5. The molecule has 0 saturated carbocycles. The van der Waals surface area contributed by atoms with Gasteiger partial charge in [0, 0.05) is 28.7 Å². The molecule has 0 aliphatic heterocycles. The van der Waals surface area contributed by atoms with Crippen LogP contribution in [0.1, 0.15) is 17.2 Å². The van der Waals surface area contributed by atoms with Gasteiger partial charge in [0.15, 0.2) is 0 Å². The van der Waals surface area contributed by atoms with Crippen LogP contribution in [-0.2, 0) is 6.54 Å². The third kappa shape index (κ3) is 4.66. The Hall–Kier alpha value is -1.70. The minimum absolute atomic E-state index is 0.0626. The average molecular weight is 371 g/mol. The molecule has 0 heterocycles. The summed E-state index contributed by atoms with van der Waals surface area (Å²) in [4.78, 5) is 10.1. The molecule has 2 atom stereocenters. The van der Waals surface area contributed by atoms with E-state index < -0.39 is 17.1 Å². The Morgan fingerprint density at radius 1 is 1.17 bits per heavy atom. The van der Waals surface area contributed by atoms with Crippen LogP contribution in [0, 0.1) is 10.1 Å². The highest BCUT2D eigenvalue weighted by atomic mass is 35.5. The predicted molar refractivity (Wildman–Crippen MR) is 92.2 cm³/mol. The van der Waals surface area contributed by atoms with Gasteiger partial charge in [0.25, 0.3) is 5.69 Å². The van der Waals surface area contributed by atoms with Crippen LogP contribution in [0.15, 0.2) is 42.5 Å². The van der Waals surface area contributed by atoms with Gasteiger partial charge in [-0.3, -0.25) is 10.1 Å². The van der Waals surface area contributed by atoms with E-state index in [0.717, 1.165) is 5.56 Å². The standard InChI is InChI=1S/C16H16Cl2N2O4/c17-12-4-1-11(14(18)7-12)8-19-15(9-21)16(22)10-2-5-13(6-3-10)20(23)24/h1-7,15-16,19,21-22H,8-9H2. The zero-order chi connectivity index (χ0) is 17.7. The molecule has 0 radical (unpaired) electrons. The lowest BCUT2D eigenvalue weighted by Crippen LogP contribution is -2.37. The summed E-state index contributed by atoms with van der Waals surface area (Å²) in [5, 5.41) is 34.5. The maximum absolute atomic E-state index is 10.7. The van der Waals surface area contributed by atoms with Gasteiger partial charge in [-0.1, -0.05) is 29.3 Å². The smallest absolute Gasteiger partial charge is 0.269 e. The van der Waals surface area contributed by atoms with Crippen LogP contribution < -0.4 is 5.32 Å². The highest BCUT2D eigenvalue weighted by molar-refractivity contribution is 6.35. The van der Waals surface area contributed by atoms with Gasteiger partial charge in [-0.15, -0.1) is 0 Å². The molecule has 0 saturated heterocycles. The van der Waals surface area contributed by atoms with Crippen molar-refractivity contribution in [1.29, 1.82) is 0 Å². The molecule has 0 aromatic heterocycles. The zero-order valence-electron chi connectivity index (χ0n) is 12.5. The van der Waals surface area contributed by atoms with Crippen molar-refractivity contribution in [2.75, 3.05) is 6.61 Å². The minimum Gasteiger partial charge on any atom is -0.395 e. The van der Waals surface area contributed by atoms with Crippen LogP contribution in [0.4, 0.5) is 5.69 Å². The molecule has 0 amide bonds. The number of nitrogens with zero attached hydrogens (tertiary/aromatic N) is 1. The Kier molecular flexibility index (Phi) is 6.53. The number of benzene rings is 2. The third-order valence-electron chi connectivity index (χ3n) is 3.59. The van der Waals surface area contributed by atoms with Crippen LogP contribution in [-0.4, -0.2) is 27.8 Å². The summed E-state index contributed by atoms with van der Waals surface area (Å²) < 4.78 is 0. The summed E-state index contributed by atoms with van der Waals surface area (Å²) in [6.07, 6.45) is -1.03. The van der Waals surface area contributed by atoms with E-state index in [9.17, 15) is 20.3 Å². The van der Waals surface area contributed by atoms with E-state index in [1.807, 2.05) is 0 Å². The van der Waals surface area contributed by atoms with Crippen molar-refractivity contribution in [3.63, 3.8) is 0 Å². The fourth-order valence-corrected chi connectivity index (χ4v) is 2.68. The van der Waals surface area contributed by atoms with Crippen LogP contribution in [0.5, 0.6) is 0 Å². The molecule has 0 bridgehead atoms. The number of nitrogens with one attached hydrogen (secondary N) is 1. The topological polar surface area (TPSA) is 95.6 Å². The van der Waals surface area contributed by atoms with Gasteiger partial charge in [-0.2, -0.15) is 0 Å². The van der Waals surface area contributed by atoms with Gasteiger partial charge >= 0.3 is 0 Å². The Labute approximate surface area is 148 Å². The summed E-state index contributed by atoms with van der Waals surface area (Å²) in [6.45, 7) is 0.00856. The highest BCUT2D eigenvalue weighted by Crippen LogP contribution is 2.23. The molecule has 0 fully saturated rings. The summed E-state index contributed by atoms with van der Waals surface area (Å²) in [5.41, 5.74) is 1.18. The van der Waals surface area contributed by atoms with Crippen molar-refractivity contribution >= 4 is 28.9 Å². The second-order valence-corrected chi connectivity index (χ2v) is 6.04. The van der Waals surface area contributed by atoms with Gasteiger partial charge in [-0.05, 0) is 35.4 Å². The molecule has 2 aromatic rings. The fourth-order valence-electron chi connectivity index (χ4n) is 2.21. The molecule has 128 valence electrons. The lowest BCUT2D eigenvalue weighted by Gasteiger charge is -2.23. The molecule has 24 heavy (non-hydrogen) atoms. The Morgan fingerprint density at radius 2 is 1.83 bits per heavy atom. The van der Waals surface area contributed by atoms with Crippen LogP contribution >= 0.6 is 23.2 Å².